The van der Waals surface area contributed by atoms with Gasteiger partial charge in [-0.3, -0.25) is 9.80 Å². The van der Waals surface area contributed by atoms with Crippen LogP contribution in [-0.2, 0) is 14.2 Å². The van der Waals surface area contributed by atoms with Crippen LogP contribution < -0.4 is 0 Å². The van der Waals surface area contributed by atoms with E-state index in [4.69, 9.17) is 24.4 Å². The molecular weight excluding hydrogens is 456 g/mol. The minimum atomic E-state index is -0.438. The van der Waals surface area contributed by atoms with Crippen molar-refractivity contribution in [3.05, 3.63) is 0 Å². The maximum Gasteiger partial charge on any atom is 0.410 e. The summed E-state index contributed by atoms with van der Waals surface area (Å²) in [5.41, 5.74) is -0.869. The zero-order valence-corrected chi connectivity index (χ0v) is 22.6. The normalized spacial score (nSPS) is 18.1. The molecule has 11 heteroatoms. The summed E-state index contributed by atoms with van der Waals surface area (Å²) in [5.74, 6) is 0. The smallest absolute Gasteiger partial charge is 0.410 e. The van der Waals surface area contributed by atoms with Gasteiger partial charge in [-0.05, 0) is 41.5 Å². The standard InChI is InChI=1S/C13H26N2O4.C11H22N2O3/c1-13(2,3)19-12(17)15-6-4-14(5-7-15)8-10-18-11-9-16;1-11(2,3)16-10(15)13-6-4-12(5-7-13)8-9-14/h16H,4-11H2,1-3H3;14H,4-9H2,1-3H3. The molecule has 2 heterocycles. The van der Waals surface area contributed by atoms with E-state index < -0.39 is 11.2 Å². The summed E-state index contributed by atoms with van der Waals surface area (Å²) < 4.78 is 15.9. The zero-order chi connectivity index (χ0) is 26.5. The number of β-amino-alcohol motifs (C(OH)–C–C–N with tert-alkyl or cyclic N) is 1. The van der Waals surface area contributed by atoms with Gasteiger partial charge in [0.1, 0.15) is 11.2 Å². The predicted molar refractivity (Wildman–Crippen MR) is 133 cm³/mol. The van der Waals surface area contributed by atoms with Gasteiger partial charge in [0.25, 0.3) is 0 Å². The topological polar surface area (TPSA) is 115 Å². The van der Waals surface area contributed by atoms with Crippen LogP contribution in [0, 0.1) is 0 Å². The number of rotatable bonds is 7. The van der Waals surface area contributed by atoms with E-state index in [1.54, 1.807) is 9.80 Å². The van der Waals surface area contributed by atoms with Crippen LogP contribution in [-0.4, -0.2) is 145 Å². The maximum atomic E-state index is 11.9. The lowest BCUT2D eigenvalue weighted by molar-refractivity contribution is 0.0102. The molecule has 2 fully saturated rings. The van der Waals surface area contributed by atoms with E-state index in [0.29, 0.717) is 45.9 Å². The number of aliphatic hydroxyl groups excluding tert-OH is 2. The Morgan fingerprint density at radius 2 is 1.03 bits per heavy atom. The molecule has 0 aromatic carbocycles. The van der Waals surface area contributed by atoms with Gasteiger partial charge < -0.3 is 34.2 Å². The highest BCUT2D eigenvalue weighted by atomic mass is 16.6. The van der Waals surface area contributed by atoms with E-state index in [1.807, 2.05) is 41.5 Å². The molecule has 0 aromatic rings. The first-order chi connectivity index (χ1) is 16.3. The second-order valence-electron chi connectivity index (χ2n) is 10.7. The number of piperazine rings is 2. The average molecular weight is 505 g/mol. The molecule has 2 aliphatic heterocycles. The van der Waals surface area contributed by atoms with Crippen molar-refractivity contribution in [1.29, 1.82) is 0 Å². The Bertz CT molecular complexity index is 606. The Morgan fingerprint density at radius 3 is 1.37 bits per heavy atom. The Hall–Kier alpha value is -1.66. The van der Waals surface area contributed by atoms with Crippen LogP contribution in [0.1, 0.15) is 41.5 Å². The number of hydrogen-bond donors (Lipinski definition) is 2. The van der Waals surface area contributed by atoms with E-state index in [0.717, 1.165) is 32.7 Å². The van der Waals surface area contributed by atoms with Gasteiger partial charge in [-0.15, -0.1) is 0 Å². The second-order valence-corrected chi connectivity index (χ2v) is 10.7. The minimum absolute atomic E-state index is 0.0619. The lowest BCUT2D eigenvalue weighted by atomic mass is 10.2. The van der Waals surface area contributed by atoms with Crippen LogP contribution in [0.3, 0.4) is 0 Å². The quantitative estimate of drug-likeness (QED) is 0.492. The SMILES string of the molecule is CC(C)(C)OC(=O)N1CCN(CCO)CC1.CC(C)(C)OC(=O)N1CCN(CCOCCO)CC1. The number of nitrogens with zero attached hydrogens (tertiary/aromatic N) is 4. The summed E-state index contributed by atoms with van der Waals surface area (Å²) in [5, 5.41) is 17.4. The van der Waals surface area contributed by atoms with Gasteiger partial charge >= 0.3 is 12.2 Å². The fourth-order valence-corrected chi connectivity index (χ4v) is 3.46. The molecule has 2 aliphatic rings. The summed E-state index contributed by atoms with van der Waals surface area (Å²) >= 11 is 0. The van der Waals surface area contributed by atoms with E-state index in [1.165, 1.54) is 0 Å². The zero-order valence-electron chi connectivity index (χ0n) is 22.6. The number of hydrogen-bond acceptors (Lipinski definition) is 9. The van der Waals surface area contributed by atoms with E-state index >= 15 is 0 Å². The molecule has 35 heavy (non-hydrogen) atoms. The molecule has 0 atom stereocenters. The molecule has 2 N–H and O–H groups in total. The van der Waals surface area contributed by atoms with E-state index in [9.17, 15) is 9.59 Å². The number of ether oxygens (including phenoxy) is 3. The summed E-state index contributed by atoms with van der Waals surface area (Å²) in [7, 11) is 0. The van der Waals surface area contributed by atoms with Crippen molar-refractivity contribution < 1.29 is 34.0 Å². The van der Waals surface area contributed by atoms with Crippen molar-refractivity contribution in [2.45, 2.75) is 52.7 Å². The number of amides is 2. The molecule has 2 amide bonds. The highest BCUT2D eigenvalue weighted by Crippen LogP contribution is 2.12. The fraction of sp³-hybridized carbons (Fsp3) is 0.917. The first-order valence-electron chi connectivity index (χ1n) is 12.5. The Balaban J connectivity index is 0.000000355. The highest BCUT2D eigenvalue weighted by Gasteiger charge is 2.26. The highest BCUT2D eigenvalue weighted by molar-refractivity contribution is 5.68. The first kappa shape index (κ1) is 31.4. The fourth-order valence-electron chi connectivity index (χ4n) is 3.46. The Morgan fingerprint density at radius 1 is 0.629 bits per heavy atom. The van der Waals surface area contributed by atoms with Crippen molar-refractivity contribution >= 4 is 12.2 Å². The monoisotopic (exact) mass is 504 g/mol. The van der Waals surface area contributed by atoms with E-state index in [-0.39, 0.29) is 25.4 Å². The van der Waals surface area contributed by atoms with Crippen molar-refractivity contribution in [2.24, 2.45) is 0 Å². The molecule has 0 aliphatic carbocycles. The van der Waals surface area contributed by atoms with Gasteiger partial charge in [0.15, 0.2) is 0 Å². The molecule has 0 bridgehead atoms. The molecular formula is C24H48N4O7. The van der Waals surface area contributed by atoms with Gasteiger partial charge in [-0.25, -0.2) is 9.59 Å². The minimum Gasteiger partial charge on any atom is -0.444 e. The van der Waals surface area contributed by atoms with Crippen molar-refractivity contribution in [3.63, 3.8) is 0 Å². The number of carbonyl (C=O) groups is 2. The molecule has 2 saturated heterocycles. The summed E-state index contributed by atoms with van der Waals surface area (Å²) in [6.07, 6.45) is -0.472. The van der Waals surface area contributed by atoms with Crippen molar-refractivity contribution in [1.82, 2.24) is 19.6 Å². The lowest BCUT2D eigenvalue weighted by Gasteiger charge is -2.35. The van der Waals surface area contributed by atoms with Gasteiger partial charge in [0.05, 0.1) is 26.4 Å². The molecule has 2 rings (SSSR count). The van der Waals surface area contributed by atoms with E-state index in [2.05, 4.69) is 9.80 Å². The molecule has 0 radical (unpaired) electrons. The van der Waals surface area contributed by atoms with Crippen LogP contribution in [0.5, 0.6) is 0 Å². The number of carbonyl (C=O) groups excluding carboxylic acids is 2. The third-order valence-electron chi connectivity index (χ3n) is 5.25. The van der Waals surface area contributed by atoms with Gasteiger partial charge in [-0.1, -0.05) is 0 Å². The molecule has 11 nitrogen and oxygen atoms in total. The third kappa shape index (κ3) is 14.5. The third-order valence-corrected chi connectivity index (χ3v) is 5.25. The summed E-state index contributed by atoms with van der Waals surface area (Å²) in [4.78, 5) is 31.4. The average Bonchev–Trinajstić information content (AvgIpc) is 2.76. The summed E-state index contributed by atoms with van der Waals surface area (Å²) in [6.45, 7) is 20.0. The number of aliphatic hydroxyl groups is 2. The maximum absolute atomic E-state index is 11.9. The van der Waals surface area contributed by atoms with Gasteiger partial charge in [0, 0.05) is 65.4 Å². The van der Waals surface area contributed by atoms with Crippen LogP contribution in [0.15, 0.2) is 0 Å². The largest absolute Gasteiger partial charge is 0.444 e. The van der Waals surface area contributed by atoms with Crippen LogP contribution in [0.4, 0.5) is 9.59 Å². The Kier molecular flexibility index (Phi) is 13.8. The lowest BCUT2D eigenvalue weighted by Crippen LogP contribution is -2.50. The first-order valence-corrected chi connectivity index (χ1v) is 12.5. The predicted octanol–water partition coefficient (Wildman–Crippen LogP) is 1.08. The molecule has 0 saturated carbocycles. The van der Waals surface area contributed by atoms with Crippen LogP contribution in [0.25, 0.3) is 0 Å². The van der Waals surface area contributed by atoms with Crippen LogP contribution in [0.2, 0.25) is 0 Å². The van der Waals surface area contributed by atoms with Crippen molar-refractivity contribution in [2.75, 3.05) is 91.9 Å². The molecule has 206 valence electrons. The van der Waals surface area contributed by atoms with Gasteiger partial charge in [-0.2, -0.15) is 0 Å². The Labute approximate surface area is 210 Å². The molecule has 0 aromatic heterocycles. The molecule has 0 unspecified atom stereocenters. The molecule has 0 spiro atoms. The van der Waals surface area contributed by atoms with Gasteiger partial charge in [0.2, 0.25) is 0 Å². The van der Waals surface area contributed by atoms with Crippen LogP contribution >= 0.6 is 0 Å². The summed E-state index contributed by atoms with van der Waals surface area (Å²) in [6, 6.07) is 0. The van der Waals surface area contributed by atoms with Crippen molar-refractivity contribution in [3.8, 4) is 0 Å². The second kappa shape index (κ2) is 15.5.